The molecule has 5 nitrogen and oxygen atoms in total. The summed E-state index contributed by atoms with van der Waals surface area (Å²) in [6.07, 6.45) is 0.835. The van der Waals surface area contributed by atoms with Crippen molar-refractivity contribution >= 4 is 11.4 Å². The van der Waals surface area contributed by atoms with Gasteiger partial charge in [-0.2, -0.15) is 4.39 Å². The first-order valence-electron chi connectivity index (χ1n) is 5.85. The highest BCUT2D eigenvalue weighted by Crippen LogP contribution is 2.32. The summed E-state index contributed by atoms with van der Waals surface area (Å²) >= 11 is 0. The van der Waals surface area contributed by atoms with E-state index in [1.807, 2.05) is 6.92 Å². The van der Waals surface area contributed by atoms with E-state index < -0.39 is 27.8 Å². The van der Waals surface area contributed by atoms with E-state index in [0.717, 1.165) is 6.07 Å². The van der Waals surface area contributed by atoms with Gasteiger partial charge in [-0.1, -0.05) is 6.92 Å². The van der Waals surface area contributed by atoms with Crippen LogP contribution in [0.3, 0.4) is 0 Å². The van der Waals surface area contributed by atoms with Crippen molar-refractivity contribution in [3.63, 3.8) is 0 Å². The number of nitrogens with one attached hydrogen (secondary N) is 1. The molecule has 0 saturated heterocycles. The summed E-state index contributed by atoms with van der Waals surface area (Å²) in [6.45, 7) is 3.39. The second kappa shape index (κ2) is 5.92. The fourth-order valence-electron chi connectivity index (χ4n) is 1.75. The van der Waals surface area contributed by atoms with Gasteiger partial charge in [0.15, 0.2) is 0 Å². The number of rotatable bonds is 6. The molecule has 1 unspecified atom stereocenters. The molecular weight excluding hydrogens is 258 g/mol. The molecule has 0 radical (unpaired) electrons. The van der Waals surface area contributed by atoms with Crippen LogP contribution in [0.25, 0.3) is 0 Å². The SMILES string of the molecule is CCC(C)(CCO)Nc1cc(F)cc(F)c1[N+](=O)[O-]. The van der Waals surface area contributed by atoms with Gasteiger partial charge in [0.2, 0.25) is 5.82 Å². The zero-order valence-electron chi connectivity index (χ0n) is 10.7. The minimum atomic E-state index is -1.23. The van der Waals surface area contributed by atoms with E-state index in [-0.39, 0.29) is 12.3 Å². The van der Waals surface area contributed by atoms with Gasteiger partial charge in [-0.15, -0.1) is 0 Å². The Morgan fingerprint density at radius 3 is 2.58 bits per heavy atom. The molecule has 106 valence electrons. The molecule has 1 aromatic rings. The highest BCUT2D eigenvalue weighted by atomic mass is 19.1. The van der Waals surface area contributed by atoms with Crippen LogP contribution in [0.1, 0.15) is 26.7 Å². The van der Waals surface area contributed by atoms with E-state index >= 15 is 0 Å². The normalized spacial score (nSPS) is 13.9. The molecule has 0 aromatic heterocycles. The second-order valence-electron chi connectivity index (χ2n) is 4.55. The monoisotopic (exact) mass is 274 g/mol. The molecule has 1 aromatic carbocycles. The molecule has 0 aliphatic carbocycles. The van der Waals surface area contributed by atoms with E-state index in [0.29, 0.717) is 18.9 Å². The Hall–Kier alpha value is -1.76. The summed E-state index contributed by atoms with van der Waals surface area (Å²) in [5.74, 6) is -2.12. The molecule has 2 N–H and O–H groups in total. The third-order valence-corrected chi connectivity index (χ3v) is 3.09. The molecule has 0 fully saturated rings. The van der Waals surface area contributed by atoms with Crippen molar-refractivity contribution in [2.24, 2.45) is 0 Å². The smallest absolute Gasteiger partial charge is 0.327 e. The molecule has 1 rings (SSSR count). The molecule has 0 spiro atoms. The Kier molecular flexibility index (Phi) is 4.77. The minimum Gasteiger partial charge on any atom is -0.396 e. The average Bonchev–Trinajstić information content (AvgIpc) is 2.27. The van der Waals surface area contributed by atoms with E-state index in [4.69, 9.17) is 5.11 Å². The quantitative estimate of drug-likeness (QED) is 0.618. The predicted molar refractivity (Wildman–Crippen MR) is 67.0 cm³/mol. The lowest BCUT2D eigenvalue weighted by Crippen LogP contribution is -2.35. The first-order valence-corrected chi connectivity index (χ1v) is 5.85. The Morgan fingerprint density at radius 2 is 2.11 bits per heavy atom. The molecule has 19 heavy (non-hydrogen) atoms. The zero-order valence-corrected chi connectivity index (χ0v) is 10.7. The molecular formula is C12H16F2N2O3. The van der Waals surface area contributed by atoms with Gasteiger partial charge < -0.3 is 10.4 Å². The molecule has 0 aliphatic rings. The maximum Gasteiger partial charge on any atom is 0.327 e. The van der Waals surface area contributed by atoms with Gasteiger partial charge in [-0.3, -0.25) is 10.1 Å². The van der Waals surface area contributed by atoms with E-state index in [9.17, 15) is 18.9 Å². The van der Waals surface area contributed by atoms with Crippen LogP contribution in [0.15, 0.2) is 12.1 Å². The zero-order chi connectivity index (χ0) is 14.6. The standard InChI is InChI=1S/C12H16F2N2O3/c1-3-12(2,4-5-17)15-10-7-8(13)6-9(14)11(10)16(18)19/h6-7,15,17H,3-5H2,1-2H3. The van der Waals surface area contributed by atoms with Crippen LogP contribution in [-0.2, 0) is 0 Å². The summed E-state index contributed by atoms with van der Waals surface area (Å²) in [5.41, 5.74) is -1.70. The Bertz CT molecular complexity index is 482. The van der Waals surface area contributed by atoms with Crippen LogP contribution in [0, 0.1) is 21.7 Å². The first-order chi connectivity index (χ1) is 8.83. The fourth-order valence-corrected chi connectivity index (χ4v) is 1.75. The lowest BCUT2D eigenvalue weighted by atomic mass is 9.94. The number of hydrogen-bond acceptors (Lipinski definition) is 4. The highest BCUT2D eigenvalue weighted by Gasteiger charge is 2.28. The third kappa shape index (κ3) is 3.60. The van der Waals surface area contributed by atoms with Crippen LogP contribution in [0.5, 0.6) is 0 Å². The van der Waals surface area contributed by atoms with E-state index in [2.05, 4.69) is 5.32 Å². The van der Waals surface area contributed by atoms with Gasteiger partial charge in [-0.25, -0.2) is 4.39 Å². The topological polar surface area (TPSA) is 75.4 Å². The number of aliphatic hydroxyl groups excluding tert-OH is 1. The van der Waals surface area contributed by atoms with E-state index in [1.54, 1.807) is 6.92 Å². The van der Waals surface area contributed by atoms with Crippen molar-refractivity contribution < 1.29 is 18.8 Å². The van der Waals surface area contributed by atoms with Crippen molar-refractivity contribution in [1.29, 1.82) is 0 Å². The number of nitrogens with zero attached hydrogens (tertiary/aromatic N) is 1. The van der Waals surface area contributed by atoms with Crippen LogP contribution >= 0.6 is 0 Å². The van der Waals surface area contributed by atoms with Gasteiger partial charge in [0, 0.05) is 24.3 Å². The van der Waals surface area contributed by atoms with Gasteiger partial charge in [-0.05, 0) is 19.8 Å². The fraction of sp³-hybridized carbons (Fsp3) is 0.500. The maximum atomic E-state index is 13.5. The largest absolute Gasteiger partial charge is 0.396 e. The molecule has 1 atom stereocenters. The average molecular weight is 274 g/mol. The van der Waals surface area contributed by atoms with Gasteiger partial charge >= 0.3 is 5.69 Å². The number of nitro benzene ring substituents is 1. The number of nitro groups is 1. The summed E-state index contributed by atoms with van der Waals surface area (Å²) in [6, 6.07) is 1.35. The van der Waals surface area contributed by atoms with E-state index in [1.165, 1.54) is 0 Å². The molecule has 0 heterocycles. The number of aliphatic hydroxyl groups is 1. The van der Waals surface area contributed by atoms with Crippen LogP contribution in [0.4, 0.5) is 20.2 Å². The number of hydrogen-bond donors (Lipinski definition) is 2. The molecule has 7 heteroatoms. The van der Waals surface area contributed by atoms with Crippen LogP contribution in [0.2, 0.25) is 0 Å². The van der Waals surface area contributed by atoms with Gasteiger partial charge in [0.05, 0.1) is 4.92 Å². The highest BCUT2D eigenvalue weighted by molar-refractivity contribution is 5.63. The number of halogens is 2. The molecule has 0 amide bonds. The summed E-state index contributed by atoms with van der Waals surface area (Å²) in [5, 5.41) is 22.6. The molecule has 0 bridgehead atoms. The predicted octanol–water partition coefficient (Wildman–Crippen LogP) is 2.84. The Balaban J connectivity index is 3.22. The molecule has 0 aliphatic heterocycles. The number of anilines is 1. The number of benzene rings is 1. The first kappa shape index (κ1) is 15.3. The Labute approximate surface area is 109 Å². The van der Waals surface area contributed by atoms with Gasteiger partial charge in [0.1, 0.15) is 11.5 Å². The van der Waals surface area contributed by atoms with Crippen molar-refractivity contribution in [2.75, 3.05) is 11.9 Å². The van der Waals surface area contributed by atoms with Crippen molar-refractivity contribution in [1.82, 2.24) is 0 Å². The van der Waals surface area contributed by atoms with Gasteiger partial charge in [0.25, 0.3) is 0 Å². The van der Waals surface area contributed by atoms with Crippen LogP contribution in [-0.4, -0.2) is 22.2 Å². The second-order valence-corrected chi connectivity index (χ2v) is 4.55. The summed E-state index contributed by atoms with van der Waals surface area (Å²) in [4.78, 5) is 9.94. The third-order valence-electron chi connectivity index (χ3n) is 3.09. The van der Waals surface area contributed by atoms with Crippen molar-refractivity contribution in [3.05, 3.63) is 33.9 Å². The lowest BCUT2D eigenvalue weighted by Gasteiger charge is -2.30. The summed E-state index contributed by atoms with van der Waals surface area (Å²) in [7, 11) is 0. The minimum absolute atomic E-state index is 0.136. The van der Waals surface area contributed by atoms with Crippen LogP contribution < -0.4 is 5.32 Å². The lowest BCUT2D eigenvalue weighted by molar-refractivity contribution is -0.386. The summed E-state index contributed by atoms with van der Waals surface area (Å²) < 4.78 is 26.6. The van der Waals surface area contributed by atoms with Crippen molar-refractivity contribution in [2.45, 2.75) is 32.2 Å². The molecule has 0 saturated carbocycles. The Morgan fingerprint density at radius 1 is 1.47 bits per heavy atom. The van der Waals surface area contributed by atoms with Crippen molar-refractivity contribution in [3.8, 4) is 0 Å². The maximum absolute atomic E-state index is 13.5.